The maximum absolute atomic E-state index is 11.0. The zero-order valence-corrected chi connectivity index (χ0v) is 11.2. The summed E-state index contributed by atoms with van der Waals surface area (Å²) in [6.07, 6.45) is 4.76. The van der Waals surface area contributed by atoms with Gasteiger partial charge in [0, 0.05) is 11.1 Å². The Hall–Kier alpha value is -1.33. The largest absolute Gasteiger partial charge is 0.480 e. The summed E-state index contributed by atoms with van der Waals surface area (Å²) < 4.78 is 0. The molecule has 1 atom stereocenters. The molecule has 0 bridgehead atoms. The lowest BCUT2D eigenvalue weighted by atomic mass is 10.1. The van der Waals surface area contributed by atoms with Crippen molar-refractivity contribution in [1.29, 1.82) is 0 Å². The molecule has 0 heterocycles. The van der Waals surface area contributed by atoms with Crippen LogP contribution in [0.25, 0.3) is 0 Å². The van der Waals surface area contributed by atoms with Crippen LogP contribution in [0.5, 0.6) is 0 Å². The zero-order chi connectivity index (χ0) is 13.4. The SMILES string of the molecule is CSc1ccc(C=NC(CCCN)C(=O)O)cc1. The molecule has 3 N–H and O–H groups in total. The van der Waals surface area contributed by atoms with E-state index in [4.69, 9.17) is 10.8 Å². The first kappa shape index (κ1) is 14.7. The molecular formula is C13H18N2O2S. The van der Waals surface area contributed by atoms with Gasteiger partial charge in [-0.1, -0.05) is 12.1 Å². The van der Waals surface area contributed by atoms with Gasteiger partial charge < -0.3 is 10.8 Å². The Morgan fingerprint density at radius 2 is 2.17 bits per heavy atom. The van der Waals surface area contributed by atoms with Crippen molar-refractivity contribution in [3.8, 4) is 0 Å². The lowest BCUT2D eigenvalue weighted by molar-refractivity contribution is -0.138. The van der Waals surface area contributed by atoms with E-state index in [-0.39, 0.29) is 0 Å². The Labute approximate surface area is 111 Å². The Balaban J connectivity index is 2.66. The van der Waals surface area contributed by atoms with Crippen LogP contribution in [0.3, 0.4) is 0 Å². The molecule has 0 aliphatic heterocycles. The molecule has 1 aromatic carbocycles. The summed E-state index contributed by atoms with van der Waals surface area (Å²) in [5.41, 5.74) is 6.28. The van der Waals surface area contributed by atoms with Crippen molar-refractivity contribution in [3.05, 3.63) is 29.8 Å². The fraction of sp³-hybridized carbons (Fsp3) is 0.385. The van der Waals surface area contributed by atoms with E-state index in [1.54, 1.807) is 18.0 Å². The van der Waals surface area contributed by atoms with Gasteiger partial charge in [0.1, 0.15) is 6.04 Å². The van der Waals surface area contributed by atoms with Crippen LogP contribution in [0.2, 0.25) is 0 Å². The summed E-state index contributed by atoms with van der Waals surface area (Å²) in [5, 5.41) is 9.00. The van der Waals surface area contributed by atoms with Crippen LogP contribution in [0.4, 0.5) is 0 Å². The third kappa shape index (κ3) is 4.89. The van der Waals surface area contributed by atoms with Crippen LogP contribution < -0.4 is 5.73 Å². The molecule has 1 unspecified atom stereocenters. The Morgan fingerprint density at radius 3 is 2.67 bits per heavy atom. The summed E-state index contributed by atoms with van der Waals surface area (Å²) in [6.45, 7) is 0.488. The molecule has 0 radical (unpaired) electrons. The van der Waals surface area contributed by atoms with Gasteiger partial charge in [-0.05, 0) is 43.3 Å². The van der Waals surface area contributed by atoms with Crippen molar-refractivity contribution in [2.24, 2.45) is 10.7 Å². The van der Waals surface area contributed by atoms with Gasteiger partial charge in [0.15, 0.2) is 0 Å². The first-order chi connectivity index (χ1) is 8.67. The predicted molar refractivity (Wildman–Crippen MR) is 75.5 cm³/mol. The molecule has 0 saturated heterocycles. The molecule has 0 fully saturated rings. The first-order valence-corrected chi connectivity index (χ1v) is 7.00. The quantitative estimate of drug-likeness (QED) is 0.585. The van der Waals surface area contributed by atoms with Gasteiger partial charge in [-0.2, -0.15) is 0 Å². The van der Waals surface area contributed by atoms with E-state index in [9.17, 15) is 4.79 Å². The van der Waals surface area contributed by atoms with E-state index in [1.807, 2.05) is 30.5 Å². The summed E-state index contributed by atoms with van der Waals surface area (Å²) in [4.78, 5) is 16.2. The Morgan fingerprint density at radius 1 is 1.50 bits per heavy atom. The topological polar surface area (TPSA) is 75.7 Å². The summed E-state index contributed by atoms with van der Waals surface area (Å²) >= 11 is 1.67. The number of aliphatic imine (C=N–C) groups is 1. The van der Waals surface area contributed by atoms with Crippen LogP contribution >= 0.6 is 11.8 Å². The summed E-state index contributed by atoms with van der Waals surface area (Å²) in [6, 6.07) is 7.13. The summed E-state index contributed by atoms with van der Waals surface area (Å²) in [5.74, 6) is -0.902. The molecule has 1 aromatic rings. The molecular weight excluding hydrogens is 248 g/mol. The standard InChI is InChI=1S/C13H18N2O2S/c1-18-11-6-4-10(5-7-11)9-15-12(13(16)17)3-2-8-14/h4-7,9,12H,2-3,8,14H2,1H3,(H,16,17). The fourth-order valence-electron chi connectivity index (χ4n) is 1.44. The maximum atomic E-state index is 11.0. The van der Waals surface area contributed by atoms with Crippen molar-refractivity contribution in [1.82, 2.24) is 0 Å². The lowest BCUT2D eigenvalue weighted by Gasteiger charge is -2.05. The molecule has 98 valence electrons. The van der Waals surface area contributed by atoms with Crippen molar-refractivity contribution < 1.29 is 9.90 Å². The van der Waals surface area contributed by atoms with Crippen molar-refractivity contribution >= 4 is 23.9 Å². The van der Waals surface area contributed by atoms with Crippen molar-refractivity contribution in [2.45, 2.75) is 23.8 Å². The van der Waals surface area contributed by atoms with Crippen molar-refractivity contribution in [3.63, 3.8) is 0 Å². The number of aliphatic carboxylic acids is 1. The predicted octanol–water partition coefficient (Wildman–Crippen LogP) is 2.02. The maximum Gasteiger partial charge on any atom is 0.328 e. The van der Waals surface area contributed by atoms with Crippen LogP contribution in [0.15, 0.2) is 34.2 Å². The minimum absolute atomic E-state index is 0.477. The van der Waals surface area contributed by atoms with Gasteiger partial charge in [-0.3, -0.25) is 4.99 Å². The highest BCUT2D eigenvalue weighted by Crippen LogP contribution is 2.14. The number of thioether (sulfide) groups is 1. The van der Waals surface area contributed by atoms with Crippen LogP contribution in [0, 0.1) is 0 Å². The van der Waals surface area contributed by atoms with E-state index < -0.39 is 12.0 Å². The molecule has 4 nitrogen and oxygen atoms in total. The second-order valence-corrected chi connectivity index (χ2v) is 4.72. The number of benzene rings is 1. The fourth-order valence-corrected chi connectivity index (χ4v) is 1.85. The number of carboxylic acid groups (broad SMARTS) is 1. The minimum atomic E-state index is -0.902. The summed E-state index contributed by atoms with van der Waals surface area (Å²) in [7, 11) is 0. The molecule has 0 aromatic heterocycles. The van der Waals surface area contributed by atoms with E-state index in [1.165, 1.54) is 4.90 Å². The minimum Gasteiger partial charge on any atom is -0.480 e. The number of hydrogen-bond acceptors (Lipinski definition) is 4. The molecule has 0 spiro atoms. The molecule has 1 rings (SSSR count). The second kappa shape index (κ2) is 7.89. The van der Waals surface area contributed by atoms with E-state index in [0.29, 0.717) is 19.4 Å². The highest BCUT2D eigenvalue weighted by molar-refractivity contribution is 7.98. The smallest absolute Gasteiger partial charge is 0.328 e. The number of carbonyl (C=O) groups is 1. The number of nitrogens with zero attached hydrogens (tertiary/aromatic N) is 1. The average Bonchev–Trinajstić information content (AvgIpc) is 2.39. The highest BCUT2D eigenvalue weighted by Gasteiger charge is 2.13. The van der Waals surface area contributed by atoms with Gasteiger partial charge in [0.05, 0.1) is 0 Å². The molecule has 0 aliphatic rings. The Bertz CT molecular complexity index is 404. The average molecular weight is 266 g/mol. The van der Waals surface area contributed by atoms with E-state index >= 15 is 0 Å². The normalized spacial score (nSPS) is 12.8. The van der Waals surface area contributed by atoms with Gasteiger partial charge in [-0.25, -0.2) is 4.79 Å². The van der Waals surface area contributed by atoms with Crippen LogP contribution in [-0.4, -0.2) is 36.1 Å². The highest BCUT2D eigenvalue weighted by atomic mass is 32.2. The molecule has 0 aliphatic carbocycles. The van der Waals surface area contributed by atoms with Crippen LogP contribution in [0.1, 0.15) is 18.4 Å². The number of carboxylic acids is 1. The van der Waals surface area contributed by atoms with Gasteiger partial charge >= 0.3 is 5.97 Å². The van der Waals surface area contributed by atoms with Gasteiger partial charge in [0.2, 0.25) is 0 Å². The zero-order valence-electron chi connectivity index (χ0n) is 10.4. The second-order valence-electron chi connectivity index (χ2n) is 3.84. The van der Waals surface area contributed by atoms with E-state index in [0.717, 1.165) is 5.56 Å². The number of nitrogens with two attached hydrogens (primary N) is 1. The van der Waals surface area contributed by atoms with E-state index in [2.05, 4.69) is 4.99 Å². The molecule has 18 heavy (non-hydrogen) atoms. The monoisotopic (exact) mass is 266 g/mol. The first-order valence-electron chi connectivity index (χ1n) is 5.77. The van der Waals surface area contributed by atoms with Gasteiger partial charge in [0.25, 0.3) is 0 Å². The van der Waals surface area contributed by atoms with Crippen LogP contribution in [-0.2, 0) is 4.79 Å². The third-order valence-corrected chi connectivity index (χ3v) is 3.23. The molecule has 0 saturated carbocycles. The number of hydrogen-bond donors (Lipinski definition) is 2. The lowest BCUT2D eigenvalue weighted by Crippen LogP contribution is -2.19. The number of rotatable bonds is 7. The van der Waals surface area contributed by atoms with Gasteiger partial charge in [-0.15, -0.1) is 11.8 Å². The molecule has 0 amide bonds. The molecule has 5 heteroatoms. The Kier molecular flexibility index (Phi) is 6.46. The van der Waals surface area contributed by atoms with Crippen molar-refractivity contribution in [2.75, 3.05) is 12.8 Å². The third-order valence-electron chi connectivity index (χ3n) is 2.49.